The van der Waals surface area contributed by atoms with Gasteiger partial charge < -0.3 is 15.1 Å². The summed E-state index contributed by atoms with van der Waals surface area (Å²) >= 11 is 0. The molecule has 4 nitrogen and oxygen atoms in total. The van der Waals surface area contributed by atoms with E-state index in [0.717, 1.165) is 57.7 Å². The standard InChI is InChI=1S/C25H33FN4/c1-28(2)24-17-30(23-11-8-19-4-3-5-22(26)25(19)23)16-21(24)18-6-9-20(10-7-18)29-14-12-27-13-15-29/h3-7,9-10,21,23-24,27H,8,11-17H2,1-2H3. The monoisotopic (exact) mass is 408 g/mol. The topological polar surface area (TPSA) is 21.8 Å². The van der Waals surface area contributed by atoms with Crippen molar-refractivity contribution in [2.75, 3.05) is 58.3 Å². The summed E-state index contributed by atoms with van der Waals surface area (Å²) in [5, 5.41) is 3.42. The third kappa shape index (κ3) is 3.64. The Kier molecular flexibility index (Phi) is 5.52. The first-order chi connectivity index (χ1) is 14.6. The van der Waals surface area contributed by atoms with Gasteiger partial charge in [0.1, 0.15) is 5.82 Å². The zero-order valence-electron chi connectivity index (χ0n) is 18.1. The van der Waals surface area contributed by atoms with Gasteiger partial charge in [0.05, 0.1) is 0 Å². The maximum Gasteiger partial charge on any atom is 0.128 e. The quantitative estimate of drug-likeness (QED) is 0.838. The molecule has 0 radical (unpaired) electrons. The van der Waals surface area contributed by atoms with Crippen molar-refractivity contribution in [1.29, 1.82) is 0 Å². The summed E-state index contributed by atoms with van der Waals surface area (Å²) in [5.74, 6) is 0.424. The molecule has 2 aliphatic heterocycles. The second-order valence-corrected chi connectivity index (χ2v) is 9.29. The van der Waals surface area contributed by atoms with Crippen molar-refractivity contribution >= 4 is 5.69 Å². The summed E-state index contributed by atoms with van der Waals surface area (Å²) in [6, 6.07) is 15.5. The lowest BCUT2D eigenvalue weighted by molar-refractivity contribution is 0.213. The van der Waals surface area contributed by atoms with Crippen molar-refractivity contribution in [3.05, 3.63) is 65.0 Å². The average Bonchev–Trinajstić information content (AvgIpc) is 3.40. The molecule has 1 aliphatic carbocycles. The molecule has 2 aromatic rings. The van der Waals surface area contributed by atoms with Crippen LogP contribution in [0.15, 0.2) is 42.5 Å². The van der Waals surface area contributed by atoms with Gasteiger partial charge in [0.15, 0.2) is 0 Å². The highest BCUT2D eigenvalue weighted by Crippen LogP contribution is 2.42. The predicted octanol–water partition coefficient (Wildman–Crippen LogP) is 3.25. The number of hydrogen-bond acceptors (Lipinski definition) is 4. The van der Waals surface area contributed by atoms with Gasteiger partial charge in [0, 0.05) is 68.5 Å². The molecule has 30 heavy (non-hydrogen) atoms. The van der Waals surface area contributed by atoms with E-state index in [9.17, 15) is 4.39 Å². The van der Waals surface area contributed by atoms with E-state index in [2.05, 4.69) is 64.4 Å². The molecule has 1 N–H and O–H groups in total. The van der Waals surface area contributed by atoms with Crippen LogP contribution in [-0.4, -0.2) is 69.2 Å². The largest absolute Gasteiger partial charge is 0.369 e. The van der Waals surface area contributed by atoms with Crippen LogP contribution in [0.5, 0.6) is 0 Å². The number of rotatable bonds is 4. The highest BCUT2D eigenvalue weighted by atomic mass is 19.1. The summed E-state index contributed by atoms with van der Waals surface area (Å²) in [5.41, 5.74) is 4.88. The Balaban J connectivity index is 1.37. The Labute approximate surface area is 179 Å². The van der Waals surface area contributed by atoms with Gasteiger partial charge in [-0.25, -0.2) is 4.39 Å². The minimum absolute atomic E-state index is 0.0276. The van der Waals surface area contributed by atoms with Gasteiger partial charge in [-0.2, -0.15) is 0 Å². The second kappa shape index (κ2) is 8.29. The maximum absolute atomic E-state index is 14.6. The van der Waals surface area contributed by atoms with Crippen LogP contribution < -0.4 is 10.2 Å². The highest BCUT2D eigenvalue weighted by Gasteiger charge is 2.41. The molecule has 0 saturated carbocycles. The lowest BCUT2D eigenvalue weighted by atomic mass is 9.93. The minimum Gasteiger partial charge on any atom is -0.369 e. The van der Waals surface area contributed by atoms with E-state index in [-0.39, 0.29) is 11.9 Å². The van der Waals surface area contributed by atoms with Gasteiger partial charge in [-0.15, -0.1) is 0 Å². The molecule has 2 aromatic carbocycles. The van der Waals surface area contributed by atoms with Crippen LogP contribution in [-0.2, 0) is 6.42 Å². The number of aryl methyl sites for hydroxylation is 1. The normalized spacial score (nSPS) is 27.1. The molecule has 0 spiro atoms. The van der Waals surface area contributed by atoms with Crippen molar-refractivity contribution in [2.45, 2.75) is 30.8 Å². The molecule has 2 fully saturated rings. The molecule has 5 rings (SSSR count). The molecule has 2 saturated heterocycles. The Morgan fingerprint density at radius 1 is 1.00 bits per heavy atom. The van der Waals surface area contributed by atoms with Gasteiger partial charge in [-0.3, -0.25) is 4.90 Å². The van der Waals surface area contributed by atoms with Gasteiger partial charge in [-0.1, -0.05) is 24.3 Å². The zero-order valence-corrected chi connectivity index (χ0v) is 18.1. The van der Waals surface area contributed by atoms with Gasteiger partial charge in [0.25, 0.3) is 0 Å². The SMILES string of the molecule is CN(C)C1CN(C2CCc3cccc(F)c32)CC1c1ccc(N2CCNCC2)cc1. The van der Waals surface area contributed by atoms with Crippen LogP contribution in [0.1, 0.15) is 35.1 Å². The smallest absolute Gasteiger partial charge is 0.128 e. The summed E-state index contributed by atoms with van der Waals surface area (Å²) in [7, 11) is 4.36. The van der Waals surface area contributed by atoms with Gasteiger partial charge in [-0.05, 0) is 56.3 Å². The first kappa shape index (κ1) is 20.0. The summed E-state index contributed by atoms with van der Waals surface area (Å²) < 4.78 is 14.6. The van der Waals surface area contributed by atoms with E-state index in [1.807, 2.05) is 6.07 Å². The first-order valence-corrected chi connectivity index (χ1v) is 11.3. The minimum atomic E-state index is -0.0276. The van der Waals surface area contributed by atoms with Crippen LogP contribution in [0, 0.1) is 5.82 Å². The number of hydrogen-bond donors (Lipinski definition) is 1. The van der Waals surface area contributed by atoms with Crippen molar-refractivity contribution in [3.8, 4) is 0 Å². The van der Waals surface area contributed by atoms with E-state index >= 15 is 0 Å². The van der Waals surface area contributed by atoms with Crippen molar-refractivity contribution < 1.29 is 4.39 Å². The molecule has 2 heterocycles. The third-order valence-electron chi connectivity index (χ3n) is 7.39. The number of anilines is 1. The molecule has 0 amide bonds. The van der Waals surface area contributed by atoms with Crippen LogP contribution >= 0.6 is 0 Å². The Morgan fingerprint density at radius 3 is 2.50 bits per heavy atom. The Morgan fingerprint density at radius 2 is 1.77 bits per heavy atom. The number of halogens is 1. The molecular weight excluding hydrogens is 375 g/mol. The second-order valence-electron chi connectivity index (χ2n) is 9.29. The lowest BCUT2D eigenvalue weighted by Gasteiger charge is -2.30. The fourth-order valence-electron chi connectivity index (χ4n) is 5.75. The molecular formula is C25H33FN4. The summed E-state index contributed by atoms with van der Waals surface area (Å²) in [4.78, 5) is 7.35. The molecule has 3 aliphatic rings. The average molecular weight is 409 g/mol. The first-order valence-electron chi connectivity index (χ1n) is 11.3. The molecule has 3 unspecified atom stereocenters. The molecule has 160 valence electrons. The number of likely N-dealkylation sites (tertiary alicyclic amines) is 1. The van der Waals surface area contributed by atoms with Gasteiger partial charge in [0.2, 0.25) is 0 Å². The summed E-state index contributed by atoms with van der Waals surface area (Å²) in [6.07, 6.45) is 2.02. The molecule has 5 heteroatoms. The van der Waals surface area contributed by atoms with Crippen LogP contribution in [0.2, 0.25) is 0 Å². The zero-order chi connectivity index (χ0) is 20.7. The van der Waals surface area contributed by atoms with E-state index in [4.69, 9.17) is 0 Å². The van der Waals surface area contributed by atoms with Gasteiger partial charge >= 0.3 is 0 Å². The van der Waals surface area contributed by atoms with Crippen molar-refractivity contribution in [3.63, 3.8) is 0 Å². The van der Waals surface area contributed by atoms with Crippen LogP contribution in [0.25, 0.3) is 0 Å². The fourth-order valence-corrected chi connectivity index (χ4v) is 5.75. The number of benzene rings is 2. The highest BCUT2D eigenvalue weighted by molar-refractivity contribution is 5.49. The number of nitrogens with one attached hydrogen (secondary N) is 1. The number of fused-ring (bicyclic) bond motifs is 1. The summed E-state index contributed by atoms with van der Waals surface area (Å²) in [6.45, 7) is 6.25. The number of nitrogens with zero attached hydrogens (tertiary/aromatic N) is 3. The van der Waals surface area contributed by atoms with E-state index in [1.54, 1.807) is 6.07 Å². The number of likely N-dealkylation sites (N-methyl/N-ethyl adjacent to an activating group) is 1. The van der Waals surface area contributed by atoms with Crippen LogP contribution in [0.3, 0.4) is 0 Å². The number of piperazine rings is 1. The van der Waals surface area contributed by atoms with E-state index in [0.29, 0.717) is 12.0 Å². The third-order valence-corrected chi connectivity index (χ3v) is 7.39. The van der Waals surface area contributed by atoms with Crippen molar-refractivity contribution in [1.82, 2.24) is 15.1 Å². The molecule has 0 aromatic heterocycles. The fraction of sp³-hybridized carbons (Fsp3) is 0.520. The Bertz CT molecular complexity index is 875. The van der Waals surface area contributed by atoms with E-state index < -0.39 is 0 Å². The molecule has 3 atom stereocenters. The van der Waals surface area contributed by atoms with Crippen LogP contribution in [0.4, 0.5) is 10.1 Å². The van der Waals surface area contributed by atoms with Crippen molar-refractivity contribution in [2.24, 2.45) is 0 Å². The maximum atomic E-state index is 14.6. The van der Waals surface area contributed by atoms with E-state index in [1.165, 1.54) is 16.8 Å². The lowest BCUT2D eigenvalue weighted by Crippen LogP contribution is -2.43. The predicted molar refractivity (Wildman–Crippen MR) is 121 cm³/mol. The molecule has 0 bridgehead atoms. The Hall–Kier alpha value is -1.95.